The first-order valence-electron chi connectivity index (χ1n) is 5.64. The highest BCUT2D eigenvalue weighted by Crippen LogP contribution is 2.31. The summed E-state index contributed by atoms with van der Waals surface area (Å²) in [5.74, 6) is 6.95. The van der Waals surface area contributed by atoms with Crippen molar-refractivity contribution in [2.45, 2.75) is 26.7 Å². The van der Waals surface area contributed by atoms with Gasteiger partial charge in [-0.05, 0) is 18.3 Å². The van der Waals surface area contributed by atoms with Crippen LogP contribution in [0, 0.1) is 5.41 Å². The quantitative estimate of drug-likeness (QED) is 0.583. The largest absolute Gasteiger partial charge is 0.356 e. The van der Waals surface area contributed by atoms with Gasteiger partial charge in [0.05, 0.1) is 0 Å². The maximum atomic E-state index is 5.33. The van der Waals surface area contributed by atoms with Gasteiger partial charge in [-0.2, -0.15) is 0 Å². The lowest BCUT2D eigenvalue weighted by Gasteiger charge is -2.37. The fraction of sp³-hybridized carbons (Fsp3) is 0.636. The van der Waals surface area contributed by atoms with Gasteiger partial charge in [-0.3, -0.25) is 0 Å². The zero-order chi connectivity index (χ0) is 11.6. The zero-order valence-corrected chi connectivity index (χ0v) is 9.90. The van der Waals surface area contributed by atoms with Crippen LogP contribution in [0.25, 0.3) is 0 Å². The molecule has 0 amide bonds. The molecular formula is C11H19N5. The van der Waals surface area contributed by atoms with Crippen molar-refractivity contribution in [3.63, 3.8) is 0 Å². The lowest BCUT2D eigenvalue weighted by Crippen LogP contribution is -2.37. The van der Waals surface area contributed by atoms with E-state index < -0.39 is 0 Å². The molecule has 3 N–H and O–H groups in total. The Morgan fingerprint density at radius 3 is 2.62 bits per heavy atom. The van der Waals surface area contributed by atoms with Gasteiger partial charge in [-0.15, -0.1) is 0 Å². The van der Waals surface area contributed by atoms with Gasteiger partial charge in [0.25, 0.3) is 0 Å². The molecule has 5 heteroatoms. The van der Waals surface area contributed by atoms with Gasteiger partial charge >= 0.3 is 0 Å². The van der Waals surface area contributed by atoms with E-state index in [1.54, 1.807) is 6.33 Å². The number of rotatable bonds is 2. The summed E-state index contributed by atoms with van der Waals surface area (Å²) in [6, 6.07) is 1.89. The standard InChI is InChI=1S/C11H19N5/c1-11(2)3-5-16(6-4-11)10-7-9(15-12)13-8-14-10/h7-8H,3-6,12H2,1-2H3,(H,13,14,15). The van der Waals surface area contributed by atoms with Crippen LogP contribution in [-0.2, 0) is 0 Å². The fourth-order valence-corrected chi connectivity index (χ4v) is 1.94. The monoisotopic (exact) mass is 221 g/mol. The molecule has 2 heterocycles. The average Bonchev–Trinajstić information content (AvgIpc) is 2.29. The summed E-state index contributed by atoms with van der Waals surface area (Å²) in [6.45, 7) is 6.73. The zero-order valence-electron chi connectivity index (χ0n) is 9.90. The van der Waals surface area contributed by atoms with Crippen molar-refractivity contribution in [2.24, 2.45) is 11.3 Å². The van der Waals surface area contributed by atoms with Crippen LogP contribution in [0.2, 0.25) is 0 Å². The number of nitrogens with one attached hydrogen (secondary N) is 1. The Morgan fingerprint density at radius 2 is 2.00 bits per heavy atom. The number of nitrogens with two attached hydrogens (primary N) is 1. The first-order valence-corrected chi connectivity index (χ1v) is 5.64. The molecule has 0 atom stereocenters. The molecule has 16 heavy (non-hydrogen) atoms. The third-order valence-corrected chi connectivity index (χ3v) is 3.24. The summed E-state index contributed by atoms with van der Waals surface area (Å²) in [6.07, 6.45) is 3.94. The summed E-state index contributed by atoms with van der Waals surface area (Å²) in [5.41, 5.74) is 3.00. The molecule has 0 bridgehead atoms. The number of hydrazine groups is 1. The predicted octanol–water partition coefficient (Wildman–Crippen LogP) is 1.39. The van der Waals surface area contributed by atoms with Crippen LogP contribution in [0.4, 0.5) is 11.6 Å². The Labute approximate surface area is 96.0 Å². The van der Waals surface area contributed by atoms with Crippen LogP contribution in [0.3, 0.4) is 0 Å². The van der Waals surface area contributed by atoms with E-state index in [-0.39, 0.29) is 0 Å². The van der Waals surface area contributed by atoms with Crippen LogP contribution < -0.4 is 16.2 Å². The molecule has 5 nitrogen and oxygen atoms in total. The summed E-state index contributed by atoms with van der Waals surface area (Å²) in [5, 5.41) is 0. The first kappa shape index (κ1) is 11.1. The highest BCUT2D eigenvalue weighted by Gasteiger charge is 2.25. The Hall–Kier alpha value is -1.36. The number of nitrogen functional groups attached to an aromatic ring is 1. The third kappa shape index (κ3) is 2.41. The van der Waals surface area contributed by atoms with Gasteiger partial charge in [0.2, 0.25) is 0 Å². The molecule has 0 unspecified atom stereocenters. The molecule has 1 aliphatic heterocycles. The topological polar surface area (TPSA) is 67.1 Å². The molecule has 0 aromatic carbocycles. The second-order valence-electron chi connectivity index (χ2n) is 5.06. The van der Waals surface area contributed by atoms with Crippen molar-refractivity contribution in [3.05, 3.63) is 12.4 Å². The smallest absolute Gasteiger partial charge is 0.145 e. The molecule has 0 aliphatic carbocycles. The predicted molar refractivity (Wildman–Crippen MR) is 65.1 cm³/mol. The minimum absolute atomic E-state index is 0.457. The molecular weight excluding hydrogens is 202 g/mol. The number of aromatic nitrogens is 2. The lowest BCUT2D eigenvalue weighted by molar-refractivity contribution is 0.279. The average molecular weight is 221 g/mol. The molecule has 0 spiro atoms. The van der Waals surface area contributed by atoms with Gasteiger partial charge in [-0.1, -0.05) is 13.8 Å². The molecule has 1 aromatic heterocycles. The second-order valence-corrected chi connectivity index (χ2v) is 5.06. The van der Waals surface area contributed by atoms with Crippen molar-refractivity contribution in [1.29, 1.82) is 0 Å². The van der Waals surface area contributed by atoms with Crippen molar-refractivity contribution in [3.8, 4) is 0 Å². The maximum absolute atomic E-state index is 5.33. The van der Waals surface area contributed by atoms with Crippen LogP contribution >= 0.6 is 0 Å². The minimum Gasteiger partial charge on any atom is -0.356 e. The molecule has 1 fully saturated rings. The van der Waals surface area contributed by atoms with Crippen LogP contribution in [0.5, 0.6) is 0 Å². The summed E-state index contributed by atoms with van der Waals surface area (Å²) >= 11 is 0. The number of hydrogen-bond donors (Lipinski definition) is 2. The van der Waals surface area contributed by atoms with E-state index in [0.29, 0.717) is 11.2 Å². The van der Waals surface area contributed by atoms with E-state index in [9.17, 15) is 0 Å². The maximum Gasteiger partial charge on any atom is 0.145 e. The Bertz CT molecular complexity index is 353. The third-order valence-electron chi connectivity index (χ3n) is 3.24. The molecule has 0 saturated carbocycles. The molecule has 88 valence electrons. The van der Waals surface area contributed by atoms with E-state index in [0.717, 1.165) is 18.9 Å². The van der Waals surface area contributed by atoms with E-state index >= 15 is 0 Å². The highest BCUT2D eigenvalue weighted by molar-refractivity contribution is 5.48. The van der Waals surface area contributed by atoms with Gasteiger partial charge in [0.15, 0.2) is 0 Å². The van der Waals surface area contributed by atoms with Crippen molar-refractivity contribution in [2.75, 3.05) is 23.4 Å². The molecule has 1 aromatic rings. The second kappa shape index (κ2) is 4.25. The van der Waals surface area contributed by atoms with E-state index in [2.05, 4.69) is 34.1 Å². The van der Waals surface area contributed by atoms with E-state index in [1.165, 1.54) is 12.8 Å². The van der Waals surface area contributed by atoms with Crippen molar-refractivity contribution < 1.29 is 0 Å². The number of hydrogen-bond acceptors (Lipinski definition) is 5. The summed E-state index contributed by atoms with van der Waals surface area (Å²) in [4.78, 5) is 10.6. The van der Waals surface area contributed by atoms with Gasteiger partial charge in [0, 0.05) is 19.2 Å². The molecule has 1 saturated heterocycles. The summed E-state index contributed by atoms with van der Waals surface area (Å²) < 4.78 is 0. The molecule has 0 radical (unpaired) electrons. The van der Waals surface area contributed by atoms with Gasteiger partial charge in [-0.25, -0.2) is 15.8 Å². The fourth-order valence-electron chi connectivity index (χ4n) is 1.94. The van der Waals surface area contributed by atoms with E-state index in [4.69, 9.17) is 5.84 Å². The van der Waals surface area contributed by atoms with Crippen LogP contribution in [0.1, 0.15) is 26.7 Å². The number of piperidine rings is 1. The lowest BCUT2D eigenvalue weighted by atomic mass is 9.83. The van der Waals surface area contributed by atoms with E-state index in [1.807, 2.05) is 6.07 Å². The summed E-state index contributed by atoms with van der Waals surface area (Å²) in [7, 11) is 0. The molecule has 2 rings (SSSR count). The number of anilines is 2. The van der Waals surface area contributed by atoms with Crippen molar-refractivity contribution in [1.82, 2.24) is 9.97 Å². The Morgan fingerprint density at radius 1 is 1.31 bits per heavy atom. The van der Waals surface area contributed by atoms with Gasteiger partial charge in [0.1, 0.15) is 18.0 Å². The highest BCUT2D eigenvalue weighted by atomic mass is 15.3. The van der Waals surface area contributed by atoms with Gasteiger partial charge < -0.3 is 10.3 Å². The first-order chi connectivity index (χ1) is 7.61. The van der Waals surface area contributed by atoms with Crippen LogP contribution in [0.15, 0.2) is 12.4 Å². The Kier molecular flexibility index (Phi) is 2.96. The van der Waals surface area contributed by atoms with Crippen LogP contribution in [-0.4, -0.2) is 23.1 Å². The molecule has 1 aliphatic rings. The SMILES string of the molecule is CC1(C)CCN(c2cc(NN)ncn2)CC1. The normalized spacial score (nSPS) is 19.6. The van der Waals surface area contributed by atoms with Crippen molar-refractivity contribution >= 4 is 11.6 Å². The number of nitrogens with zero attached hydrogens (tertiary/aromatic N) is 3. The minimum atomic E-state index is 0.457. The Balaban J connectivity index is 2.08.